The molecule has 0 aliphatic carbocycles. The van der Waals surface area contributed by atoms with E-state index in [4.69, 9.17) is 23.2 Å². The van der Waals surface area contributed by atoms with Crippen LogP contribution < -0.4 is 10.2 Å². The Morgan fingerprint density at radius 1 is 0.821 bits per heavy atom. The SMILES string of the molecule is Cc1ccc([C@@H]2C=C(Nc3ccc(Cl)cc3)C(=O)N2c2ccc(Cl)cc2)cc1. The lowest BCUT2D eigenvalue weighted by Gasteiger charge is -2.25. The molecule has 0 spiro atoms. The number of carbonyl (C=O) groups is 1. The molecule has 5 heteroatoms. The van der Waals surface area contributed by atoms with Gasteiger partial charge >= 0.3 is 0 Å². The highest BCUT2D eigenvalue weighted by Gasteiger charge is 2.34. The van der Waals surface area contributed by atoms with Crippen LogP contribution in [0.5, 0.6) is 0 Å². The summed E-state index contributed by atoms with van der Waals surface area (Å²) in [5, 5.41) is 4.51. The molecule has 4 rings (SSSR count). The maximum Gasteiger partial charge on any atom is 0.275 e. The van der Waals surface area contributed by atoms with Gasteiger partial charge in [-0.1, -0.05) is 53.0 Å². The molecule has 3 nitrogen and oxygen atoms in total. The Morgan fingerprint density at radius 3 is 2.00 bits per heavy atom. The maximum absolute atomic E-state index is 13.2. The lowest BCUT2D eigenvalue weighted by molar-refractivity contribution is -0.114. The maximum atomic E-state index is 13.2. The van der Waals surface area contributed by atoms with Crippen molar-refractivity contribution in [3.8, 4) is 0 Å². The van der Waals surface area contributed by atoms with E-state index < -0.39 is 0 Å². The van der Waals surface area contributed by atoms with Gasteiger partial charge < -0.3 is 5.32 Å². The molecule has 0 saturated heterocycles. The van der Waals surface area contributed by atoms with E-state index in [2.05, 4.69) is 29.6 Å². The minimum absolute atomic E-state index is 0.0946. The van der Waals surface area contributed by atoms with Crippen LogP contribution in [0.1, 0.15) is 17.2 Å². The Morgan fingerprint density at radius 2 is 1.39 bits per heavy atom. The number of hydrogen-bond donors (Lipinski definition) is 1. The number of halogens is 2. The second kappa shape index (κ2) is 7.70. The first-order valence-corrected chi connectivity index (χ1v) is 9.67. The Balaban J connectivity index is 1.72. The van der Waals surface area contributed by atoms with E-state index in [1.165, 1.54) is 5.56 Å². The summed E-state index contributed by atoms with van der Waals surface area (Å²) in [6.07, 6.45) is 1.95. The van der Waals surface area contributed by atoms with Crippen molar-refractivity contribution in [1.29, 1.82) is 0 Å². The summed E-state index contributed by atoms with van der Waals surface area (Å²) < 4.78 is 0. The zero-order valence-electron chi connectivity index (χ0n) is 15.2. The number of hydrogen-bond acceptors (Lipinski definition) is 2. The van der Waals surface area contributed by atoms with Crippen LogP contribution in [-0.4, -0.2) is 5.91 Å². The second-order valence-corrected chi connectivity index (χ2v) is 7.59. The van der Waals surface area contributed by atoms with E-state index in [1.54, 1.807) is 29.2 Å². The summed E-state index contributed by atoms with van der Waals surface area (Å²) in [6, 6.07) is 22.6. The summed E-state index contributed by atoms with van der Waals surface area (Å²) in [5.74, 6) is -0.0946. The molecule has 1 aliphatic heterocycles. The van der Waals surface area contributed by atoms with E-state index in [1.807, 2.05) is 37.3 Å². The minimum atomic E-state index is -0.205. The Labute approximate surface area is 174 Å². The molecule has 1 amide bonds. The van der Waals surface area contributed by atoms with Crippen molar-refractivity contribution in [2.75, 3.05) is 10.2 Å². The number of carbonyl (C=O) groups excluding carboxylic acids is 1. The molecule has 0 aromatic heterocycles. The fourth-order valence-corrected chi connectivity index (χ4v) is 3.48. The zero-order chi connectivity index (χ0) is 19.7. The molecule has 1 heterocycles. The molecule has 1 atom stereocenters. The number of anilines is 2. The Kier molecular flexibility index (Phi) is 5.12. The summed E-state index contributed by atoms with van der Waals surface area (Å²) in [4.78, 5) is 15.0. The van der Waals surface area contributed by atoms with Crippen LogP contribution in [-0.2, 0) is 4.79 Å². The van der Waals surface area contributed by atoms with Gasteiger partial charge in [-0.15, -0.1) is 0 Å². The van der Waals surface area contributed by atoms with Crippen molar-refractivity contribution < 1.29 is 4.79 Å². The van der Waals surface area contributed by atoms with Crippen LogP contribution >= 0.6 is 23.2 Å². The largest absolute Gasteiger partial charge is 0.351 e. The van der Waals surface area contributed by atoms with Gasteiger partial charge in [-0.05, 0) is 67.1 Å². The van der Waals surface area contributed by atoms with Gasteiger partial charge in [0.05, 0.1) is 6.04 Å². The molecule has 0 saturated carbocycles. The molecule has 0 bridgehead atoms. The van der Waals surface area contributed by atoms with E-state index in [-0.39, 0.29) is 11.9 Å². The molecule has 28 heavy (non-hydrogen) atoms. The summed E-state index contributed by atoms with van der Waals surface area (Å²) in [5.41, 5.74) is 4.35. The predicted octanol–water partition coefficient (Wildman–Crippen LogP) is 6.39. The third-order valence-electron chi connectivity index (χ3n) is 4.70. The van der Waals surface area contributed by atoms with Gasteiger partial charge in [-0.2, -0.15) is 0 Å². The van der Waals surface area contributed by atoms with Gasteiger partial charge in [-0.3, -0.25) is 9.69 Å². The topological polar surface area (TPSA) is 32.3 Å². The molecular weight excluding hydrogens is 391 g/mol. The van der Waals surface area contributed by atoms with Crippen molar-refractivity contribution in [3.05, 3.63) is 106 Å². The summed E-state index contributed by atoms with van der Waals surface area (Å²) in [6.45, 7) is 2.05. The fourth-order valence-electron chi connectivity index (χ4n) is 3.23. The van der Waals surface area contributed by atoms with Crippen molar-refractivity contribution in [2.24, 2.45) is 0 Å². The zero-order valence-corrected chi connectivity index (χ0v) is 16.7. The summed E-state index contributed by atoms with van der Waals surface area (Å²) >= 11 is 12.0. The number of amides is 1. The smallest absolute Gasteiger partial charge is 0.275 e. The fraction of sp³-hybridized carbons (Fsp3) is 0.0870. The van der Waals surface area contributed by atoms with Crippen LogP contribution in [0.4, 0.5) is 11.4 Å². The standard InChI is InChI=1S/C23H18Cl2N2O/c1-15-2-4-16(5-3-15)22-14-21(26-19-10-6-17(24)7-11-19)23(28)27(22)20-12-8-18(25)9-13-20/h2-14,22,26H,1H3/t22-/m0/s1. The van der Waals surface area contributed by atoms with Crippen LogP contribution in [0.3, 0.4) is 0 Å². The molecule has 140 valence electrons. The molecule has 0 radical (unpaired) electrons. The van der Waals surface area contributed by atoms with Crippen molar-refractivity contribution in [2.45, 2.75) is 13.0 Å². The highest BCUT2D eigenvalue weighted by atomic mass is 35.5. The van der Waals surface area contributed by atoms with E-state index in [0.29, 0.717) is 15.7 Å². The highest BCUT2D eigenvalue weighted by molar-refractivity contribution is 6.31. The first-order chi connectivity index (χ1) is 13.5. The molecule has 1 aliphatic rings. The quantitative estimate of drug-likeness (QED) is 0.542. The minimum Gasteiger partial charge on any atom is -0.351 e. The molecule has 3 aromatic rings. The van der Waals surface area contributed by atoms with Crippen LogP contribution in [0.25, 0.3) is 0 Å². The van der Waals surface area contributed by atoms with Gasteiger partial charge in [0.15, 0.2) is 0 Å². The van der Waals surface area contributed by atoms with E-state index >= 15 is 0 Å². The van der Waals surface area contributed by atoms with Gasteiger partial charge in [0.25, 0.3) is 5.91 Å². The van der Waals surface area contributed by atoms with E-state index in [9.17, 15) is 4.79 Å². The van der Waals surface area contributed by atoms with Crippen LogP contribution in [0.2, 0.25) is 10.0 Å². The normalized spacial score (nSPS) is 16.2. The number of rotatable bonds is 4. The summed E-state index contributed by atoms with van der Waals surface area (Å²) in [7, 11) is 0. The third-order valence-corrected chi connectivity index (χ3v) is 5.20. The highest BCUT2D eigenvalue weighted by Crippen LogP contribution is 2.36. The lowest BCUT2D eigenvalue weighted by Crippen LogP contribution is -2.30. The van der Waals surface area contributed by atoms with Gasteiger partial charge in [0, 0.05) is 21.4 Å². The third kappa shape index (κ3) is 3.77. The van der Waals surface area contributed by atoms with Crippen LogP contribution in [0.15, 0.2) is 84.6 Å². The molecular formula is C23H18Cl2N2O. The molecule has 0 unspecified atom stereocenters. The lowest BCUT2D eigenvalue weighted by atomic mass is 10.0. The average molecular weight is 409 g/mol. The van der Waals surface area contributed by atoms with Gasteiger partial charge in [0.2, 0.25) is 0 Å². The second-order valence-electron chi connectivity index (χ2n) is 6.72. The molecule has 0 fully saturated rings. The van der Waals surface area contributed by atoms with Crippen molar-refractivity contribution >= 4 is 40.5 Å². The van der Waals surface area contributed by atoms with Gasteiger partial charge in [0.1, 0.15) is 5.70 Å². The number of nitrogens with zero attached hydrogens (tertiary/aromatic N) is 1. The average Bonchev–Trinajstić information content (AvgIpc) is 3.01. The van der Waals surface area contributed by atoms with E-state index in [0.717, 1.165) is 16.9 Å². The Bertz CT molecular complexity index is 1030. The van der Waals surface area contributed by atoms with Gasteiger partial charge in [-0.25, -0.2) is 0 Å². The number of nitrogens with one attached hydrogen (secondary N) is 1. The first-order valence-electron chi connectivity index (χ1n) is 8.91. The molecule has 1 N–H and O–H groups in total. The number of aryl methyl sites for hydroxylation is 1. The predicted molar refractivity (Wildman–Crippen MR) is 116 cm³/mol. The van der Waals surface area contributed by atoms with Crippen molar-refractivity contribution in [3.63, 3.8) is 0 Å². The van der Waals surface area contributed by atoms with Crippen LogP contribution in [0, 0.1) is 6.92 Å². The number of benzene rings is 3. The molecule has 3 aromatic carbocycles. The Hall–Kier alpha value is -2.75. The first kappa shape index (κ1) is 18.6. The van der Waals surface area contributed by atoms with Crippen molar-refractivity contribution in [1.82, 2.24) is 0 Å². The monoisotopic (exact) mass is 408 g/mol.